The van der Waals surface area contributed by atoms with Crippen molar-refractivity contribution >= 4 is 5.97 Å². The zero-order valence-corrected chi connectivity index (χ0v) is 20.6. The molecule has 5 rings (SSSR count). The second-order valence-electron chi connectivity index (χ2n) is 8.90. The summed E-state index contributed by atoms with van der Waals surface area (Å²) in [6.07, 6.45) is 4.72. The van der Waals surface area contributed by atoms with E-state index < -0.39 is 12.0 Å². The second-order valence-corrected chi connectivity index (χ2v) is 8.90. The molecule has 0 radical (unpaired) electrons. The van der Waals surface area contributed by atoms with Crippen LogP contribution in [0.3, 0.4) is 0 Å². The van der Waals surface area contributed by atoms with E-state index in [1.807, 2.05) is 110 Å². The number of aliphatic carboxylic acids is 1. The number of aryl methyl sites for hydroxylation is 1. The minimum atomic E-state index is -0.867. The van der Waals surface area contributed by atoms with Crippen molar-refractivity contribution in [2.24, 2.45) is 0 Å². The van der Waals surface area contributed by atoms with Gasteiger partial charge in [0.2, 0.25) is 5.89 Å². The number of aromatic nitrogens is 2. The first-order valence-corrected chi connectivity index (χ1v) is 12.3. The van der Waals surface area contributed by atoms with E-state index >= 15 is 0 Å². The van der Waals surface area contributed by atoms with Gasteiger partial charge < -0.3 is 18.8 Å². The molecule has 0 unspecified atom stereocenters. The first-order chi connectivity index (χ1) is 18.1. The number of hydrogen-bond acceptors (Lipinski definition) is 4. The van der Waals surface area contributed by atoms with Crippen LogP contribution in [0, 0.1) is 6.92 Å². The van der Waals surface area contributed by atoms with Crippen LogP contribution in [-0.4, -0.2) is 27.2 Å². The van der Waals surface area contributed by atoms with Crippen LogP contribution in [0.1, 0.15) is 23.1 Å². The minimum Gasteiger partial charge on any atom is -0.493 e. The Morgan fingerprint density at radius 3 is 2.27 bits per heavy atom. The Morgan fingerprint density at radius 2 is 1.59 bits per heavy atom. The normalized spacial score (nSPS) is 11.8. The highest BCUT2D eigenvalue weighted by Gasteiger charge is 2.20. The molecule has 0 aliphatic carbocycles. The second kappa shape index (κ2) is 11.0. The Balaban J connectivity index is 1.18. The van der Waals surface area contributed by atoms with Crippen LogP contribution in [0.2, 0.25) is 0 Å². The number of ether oxygens (including phenoxy) is 1. The Bertz CT molecular complexity index is 1450. The number of carbonyl (C=O) groups is 1. The lowest BCUT2D eigenvalue weighted by atomic mass is 10.1. The molecule has 1 N–H and O–H groups in total. The Labute approximate surface area is 215 Å². The van der Waals surface area contributed by atoms with Crippen LogP contribution < -0.4 is 4.74 Å². The molecule has 5 aromatic rings. The molecule has 37 heavy (non-hydrogen) atoms. The van der Waals surface area contributed by atoms with Crippen molar-refractivity contribution in [3.8, 4) is 28.3 Å². The predicted molar refractivity (Wildman–Crippen MR) is 143 cm³/mol. The molecule has 0 spiro atoms. The van der Waals surface area contributed by atoms with Crippen molar-refractivity contribution in [2.75, 3.05) is 6.61 Å². The van der Waals surface area contributed by atoms with Crippen molar-refractivity contribution in [1.82, 2.24) is 9.55 Å². The van der Waals surface area contributed by atoms with Crippen LogP contribution in [0.4, 0.5) is 0 Å². The van der Waals surface area contributed by atoms with Gasteiger partial charge in [0.25, 0.3) is 0 Å². The summed E-state index contributed by atoms with van der Waals surface area (Å²) in [4.78, 5) is 16.7. The highest BCUT2D eigenvalue weighted by molar-refractivity contribution is 5.73. The molecule has 6 heteroatoms. The minimum absolute atomic E-state index is 0.374. The number of hydrogen-bond donors (Lipinski definition) is 1. The van der Waals surface area contributed by atoms with Gasteiger partial charge in [-0.2, -0.15) is 0 Å². The molecular formula is C31H28N2O4. The third-order valence-corrected chi connectivity index (χ3v) is 6.34. The van der Waals surface area contributed by atoms with E-state index in [1.165, 1.54) is 0 Å². The Morgan fingerprint density at radius 1 is 0.919 bits per heavy atom. The molecule has 3 aromatic carbocycles. The highest BCUT2D eigenvalue weighted by Crippen LogP contribution is 2.25. The molecule has 0 fully saturated rings. The standard InChI is InChI=1S/C31H28N2O4/c1-22-28(32-30(37-22)25-10-6-3-7-11-25)17-19-36-27-14-12-23(13-15-27)20-29(31(34)35)33-18-16-26(21-33)24-8-4-2-5-9-24/h2-16,18,21,29H,17,19-20H2,1H3,(H,34,35)/t29-/m0/s1. The monoisotopic (exact) mass is 492 g/mol. The third kappa shape index (κ3) is 5.81. The predicted octanol–water partition coefficient (Wildman–Crippen LogP) is 6.61. The molecular weight excluding hydrogens is 464 g/mol. The van der Waals surface area contributed by atoms with E-state index in [-0.39, 0.29) is 0 Å². The van der Waals surface area contributed by atoms with Crippen LogP contribution in [0.25, 0.3) is 22.6 Å². The number of rotatable bonds is 10. The summed E-state index contributed by atoms with van der Waals surface area (Å²) in [6, 6.07) is 28.6. The van der Waals surface area contributed by atoms with Crippen molar-refractivity contribution < 1.29 is 19.1 Å². The Kier molecular flexibility index (Phi) is 7.17. The van der Waals surface area contributed by atoms with Gasteiger partial charge in [-0.15, -0.1) is 0 Å². The molecule has 0 amide bonds. The smallest absolute Gasteiger partial charge is 0.327 e. The summed E-state index contributed by atoms with van der Waals surface area (Å²) in [7, 11) is 0. The van der Waals surface area contributed by atoms with Crippen molar-refractivity contribution in [1.29, 1.82) is 0 Å². The molecule has 1 atom stereocenters. The number of carboxylic acid groups (broad SMARTS) is 1. The van der Waals surface area contributed by atoms with Gasteiger partial charge in [0.15, 0.2) is 0 Å². The van der Waals surface area contributed by atoms with Crippen LogP contribution >= 0.6 is 0 Å². The third-order valence-electron chi connectivity index (χ3n) is 6.34. The SMILES string of the molecule is Cc1oc(-c2ccccc2)nc1CCOc1ccc(C[C@@H](C(=O)O)n2ccc(-c3ccccc3)c2)cc1. The van der Waals surface area contributed by atoms with Gasteiger partial charge in [0.05, 0.1) is 12.3 Å². The summed E-state index contributed by atoms with van der Waals surface area (Å²) in [6.45, 7) is 2.38. The maximum atomic E-state index is 12.1. The summed E-state index contributed by atoms with van der Waals surface area (Å²) in [5.41, 5.74) is 4.80. The zero-order chi connectivity index (χ0) is 25.6. The summed E-state index contributed by atoms with van der Waals surface area (Å²) in [5.74, 6) is 1.27. The molecule has 2 aromatic heterocycles. The van der Waals surface area contributed by atoms with Crippen molar-refractivity contribution in [3.63, 3.8) is 0 Å². The molecule has 186 valence electrons. The Hall–Kier alpha value is -4.58. The first-order valence-electron chi connectivity index (χ1n) is 12.3. The fourth-order valence-corrected chi connectivity index (χ4v) is 4.30. The average molecular weight is 493 g/mol. The van der Waals surface area contributed by atoms with E-state index in [9.17, 15) is 9.90 Å². The van der Waals surface area contributed by atoms with Crippen molar-refractivity contribution in [2.45, 2.75) is 25.8 Å². The van der Waals surface area contributed by atoms with Crippen LogP contribution in [-0.2, 0) is 17.6 Å². The van der Waals surface area contributed by atoms with Crippen LogP contribution in [0.15, 0.2) is 108 Å². The number of nitrogens with zero attached hydrogens (tertiary/aromatic N) is 2. The topological polar surface area (TPSA) is 77.5 Å². The number of carboxylic acids is 1. The van der Waals surface area contributed by atoms with Gasteiger partial charge in [-0.1, -0.05) is 60.7 Å². The average Bonchev–Trinajstić information content (AvgIpc) is 3.56. The molecule has 0 aliphatic heterocycles. The lowest BCUT2D eigenvalue weighted by Crippen LogP contribution is -2.20. The summed E-state index contributed by atoms with van der Waals surface area (Å²) in [5, 5.41) is 9.88. The van der Waals surface area contributed by atoms with E-state index in [1.54, 1.807) is 4.57 Å². The number of oxazole rings is 1. The quantitative estimate of drug-likeness (QED) is 0.237. The van der Waals surface area contributed by atoms with E-state index in [4.69, 9.17) is 9.15 Å². The molecule has 0 bridgehead atoms. The molecule has 0 saturated carbocycles. The summed E-state index contributed by atoms with van der Waals surface area (Å²) < 4.78 is 13.5. The zero-order valence-electron chi connectivity index (χ0n) is 20.6. The van der Waals surface area contributed by atoms with Gasteiger partial charge in [0.1, 0.15) is 17.6 Å². The van der Waals surface area contributed by atoms with Crippen LogP contribution in [0.5, 0.6) is 5.75 Å². The van der Waals surface area contributed by atoms with E-state index in [0.717, 1.165) is 39.5 Å². The maximum absolute atomic E-state index is 12.1. The van der Waals surface area contributed by atoms with Crippen molar-refractivity contribution in [3.05, 3.63) is 120 Å². The summed E-state index contributed by atoms with van der Waals surface area (Å²) >= 11 is 0. The molecule has 0 saturated heterocycles. The molecule has 2 heterocycles. The van der Waals surface area contributed by atoms with Gasteiger partial charge in [-0.25, -0.2) is 9.78 Å². The molecule has 0 aliphatic rings. The fraction of sp³-hybridized carbons (Fsp3) is 0.161. The van der Waals surface area contributed by atoms with Gasteiger partial charge in [0, 0.05) is 30.8 Å². The number of benzene rings is 3. The van der Waals surface area contributed by atoms with Gasteiger partial charge in [-0.05, 0) is 53.9 Å². The lowest BCUT2D eigenvalue weighted by Gasteiger charge is -2.15. The largest absolute Gasteiger partial charge is 0.493 e. The van der Waals surface area contributed by atoms with Gasteiger partial charge in [-0.3, -0.25) is 0 Å². The maximum Gasteiger partial charge on any atom is 0.327 e. The highest BCUT2D eigenvalue weighted by atomic mass is 16.5. The van der Waals surface area contributed by atoms with Gasteiger partial charge >= 0.3 is 5.97 Å². The van der Waals surface area contributed by atoms with E-state index in [0.29, 0.717) is 25.3 Å². The fourth-order valence-electron chi connectivity index (χ4n) is 4.30. The van der Waals surface area contributed by atoms with E-state index in [2.05, 4.69) is 4.98 Å². The lowest BCUT2D eigenvalue weighted by molar-refractivity contribution is -0.140. The first kappa shape index (κ1) is 24.1. The molecule has 6 nitrogen and oxygen atoms in total.